The SMILES string of the molecule is Cc1cc2nc(C)c(=O)n(CC(=O)NC(C)C)c2cc1C. The van der Waals surface area contributed by atoms with E-state index in [4.69, 9.17) is 0 Å². The molecule has 0 bridgehead atoms. The van der Waals surface area contributed by atoms with Crippen LogP contribution in [0.3, 0.4) is 0 Å². The lowest BCUT2D eigenvalue weighted by Gasteiger charge is -2.14. The van der Waals surface area contributed by atoms with Crippen LogP contribution in [-0.2, 0) is 11.3 Å². The molecule has 0 atom stereocenters. The number of aromatic nitrogens is 2. The maximum absolute atomic E-state index is 12.3. The van der Waals surface area contributed by atoms with E-state index in [1.165, 1.54) is 4.57 Å². The number of amides is 1. The first-order chi connectivity index (χ1) is 9.79. The lowest BCUT2D eigenvalue weighted by molar-refractivity contribution is -0.122. The van der Waals surface area contributed by atoms with Gasteiger partial charge in [0.15, 0.2) is 0 Å². The van der Waals surface area contributed by atoms with Crippen molar-refractivity contribution in [2.24, 2.45) is 0 Å². The minimum Gasteiger partial charge on any atom is -0.352 e. The Hall–Kier alpha value is -2.17. The van der Waals surface area contributed by atoms with Crippen LogP contribution in [0.5, 0.6) is 0 Å². The fourth-order valence-corrected chi connectivity index (χ4v) is 2.29. The molecule has 1 heterocycles. The Morgan fingerprint density at radius 2 is 1.86 bits per heavy atom. The number of carbonyl (C=O) groups excluding carboxylic acids is 1. The lowest BCUT2D eigenvalue weighted by atomic mass is 10.1. The molecule has 5 nitrogen and oxygen atoms in total. The van der Waals surface area contributed by atoms with Crippen LogP contribution in [0, 0.1) is 20.8 Å². The summed E-state index contributed by atoms with van der Waals surface area (Å²) in [4.78, 5) is 28.7. The van der Waals surface area contributed by atoms with Crippen molar-refractivity contribution < 1.29 is 4.79 Å². The second-order valence-electron chi connectivity index (χ2n) is 5.74. The number of hydrogen-bond donors (Lipinski definition) is 1. The number of aryl methyl sites for hydroxylation is 3. The van der Waals surface area contributed by atoms with Gasteiger partial charge < -0.3 is 5.32 Å². The van der Waals surface area contributed by atoms with E-state index in [1.807, 2.05) is 39.8 Å². The Kier molecular flexibility index (Phi) is 4.11. The van der Waals surface area contributed by atoms with E-state index in [0.29, 0.717) is 11.2 Å². The molecule has 0 saturated carbocycles. The van der Waals surface area contributed by atoms with Crippen LogP contribution in [-0.4, -0.2) is 21.5 Å². The van der Waals surface area contributed by atoms with Crippen molar-refractivity contribution in [3.8, 4) is 0 Å². The zero-order chi connectivity index (χ0) is 15.7. The van der Waals surface area contributed by atoms with Crippen LogP contribution >= 0.6 is 0 Å². The summed E-state index contributed by atoms with van der Waals surface area (Å²) in [6.07, 6.45) is 0. The van der Waals surface area contributed by atoms with Crippen molar-refractivity contribution in [1.29, 1.82) is 0 Å². The molecule has 0 fully saturated rings. The predicted molar refractivity (Wildman–Crippen MR) is 83.5 cm³/mol. The fourth-order valence-electron chi connectivity index (χ4n) is 2.29. The number of nitrogens with zero attached hydrogens (tertiary/aromatic N) is 2. The molecule has 0 saturated heterocycles. The molecule has 1 amide bonds. The van der Waals surface area contributed by atoms with Crippen LogP contribution in [0.4, 0.5) is 0 Å². The molecule has 1 aromatic heterocycles. The highest BCUT2D eigenvalue weighted by Crippen LogP contribution is 2.16. The van der Waals surface area contributed by atoms with Gasteiger partial charge in [0.25, 0.3) is 5.56 Å². The van der Waals surface area contributed by atoms with Crippen molar-refractivity contribution >= 4 is 16.9 Å². The predicted octanol–water partition coefficient (Wildman–Crippen LogP) is 1.85. The van der Waals surface area contributed by atoms with Gasteiger partial charge in [-0.3, -0.25) is 14.2 Å². The third kappa shape index (κ3) is 3.12. The Labute approximate surface area is 124 Å². The second-order valence-corrected chi connectivity index (χ2v) is 5.74. The summed E-state index contributed by atoms with van der Waals surface area (Å²) in [5.74, 6) is -0.169. The third-order valence-corrected chi connectivity index (χ3v) is 3.48. The highest BCUT2D eigenvalue weighted by Gasteiger charge is 2.13. The molecule has 0 aliphatic carbocycles. The van der Waals surface area contributed by atoms with Gasteiger partial charge in [0, 0.05) is 6.04 Å². The van der Waals surface area contributed by atoms with Gasteiger partial charge in [-0.2, -0.15) is 0 Å². The molecule has 112 valence electrons. The first-order valence-corrected chi connectivity index (χ1v) is 7.07. The Balaban J connectivity index is 2.60. The van der Waals surface area contributed by atoms with Gasteiger partial charge in [0.2, 0.25) is 5.91 Å². The van der Waals surface area contributed by atoms with E-state index in [2.05, 4.69) is 10.3 Å². The highest BCUT2D eigenvalue weighted by atomic mass is 16.2. The van der Waals surface area contributed by atoms with Crippen molar-refractivity contribution in [2.45, 2.75) is 47.2 Å². The molecular formula is C16H21N3O2. The first kappa shape index (κ1) is 15.2. The van der Waals surface area contributed by atoms with Gasteiger partial charge in [-0.1, -0.05) is 0 Å². The minimum atomic E-state index is -0.218. The summed E-state index contributed by atoms with van der Waals surface area (Å²) in [6, 6.07) is 3.92. The molecule has 1 aromatic carbocycles. The molecule has 21 heavy (non-hydrogen) atoms. The van der Waals surface area contributed by atoms with E-state index in [1.54, 1.807) is 6.92 Å². The molecular weight excluding hydrogens is 266 g/mol. The maximum Gasteiger partial charge on any atom is 0.272 e. The summed E-state index contributed by atoms with van der Waals surface area (Å²) >= 11 is 0. The van der Waals surface area contributed by atoms with E-state index < -0.39 is 0 Å². The number of carbonyl (C=O) groups is 1. The van der Waals surface area contributed by atoms with Crippen LogP contribution < -0.4 is 10.9 Å². The lowest BCUT2D eigenvalue weighted by Crippen LogP contribution is -2.37. The van der Waals surface area contributed by atoms with Crippen molar-refractivity contribution in [1.82, 2.24) is 14.9 Å². The Morgan fingerprint density at radius 1 is 1.24 bits per heavy atom. The quantitative estimate of drug-likeness (QED) is 0.937. The normalized spacial score (nSPS) is 11.1. The van der Waals surface area contributed by atoms with Crippen LogP contribution in [0.1, 0.15) is 30.7 Å². The zero-order valence-electron chi connectivity index (χ0n) is 13.2. The topological polar surface area (TPSA) is 64.0 Å². The summed E-state index contributed by atoms with van der Waals surface area (Å²) < 4.78 is 1.50. The molecule has 1 N–H and O–H groups in total. The van der Waals surface area contributed by atoms with E-state index >= 15 is 0 Å². The van der Waals surface area contributed by atoms with Crippen LogP contribution in [0.25, 0.3) is 11.0 Å². The second kappa shape index (κ2) is 5.68. The number of fused-ring (bicyclic) bond motifs is 1. The highest BCUT2D eigenvalue weighted by molar-refractivity contribution is 5.81. The maximum atomic E-state index is 12.3. The van der Waals surface area contributed by atoms with Gasteiger partial charge in [-0.25, -0.2) is 4.98 Å². The van der Waals surface area contributed by atoms with E-state index in [0.717, 1.165) is 16.6 Å². The molecule has 0 aliphatic heterocycles. The molecule has 2 aromatic rings. The molecule has 0 aliphatic rings. The molecule has 2 rings (SSSR count). The first-order valence-electron chi connectivity index (χ1n) is 7.07. The van der Waals surface area contributed by atoms with Crippen molar-refractivity contribution in [3.05, 3.63) is 39.3 Å². The van der Waals surface area contributed by atoms with E-state index in [-0.39, 0.29) is 24.1 Å². The summed E-state index contributed by atoms with van der Waals surface area (Å²) in [7, 11) is 0. The number of hydrogen-bond acceptors (Lipinski definition) is 3. The van der Waals surface area contributed by atoms with E-state index in [9.17, 15) is 9.59 Å². The number of nitrogens with one attached hydrogen (secondary N) is 1. The number of benzene rings is 1. The molecule has 0 unspecified atom stereocenters. The Bertz CT molecular complexity index is 760. The summed E-state index contributed by atoms with van der Waals surface area (Å²) in [6.45, 7) is 9.46. The summed E-state index contributed by atoms with van der Waals surface area (Å²) in [5, 5.41) is 2.81. The van der Waals surface area contributed by atoms with Crippen molar-refractivity contribution in [3.63, 3.8) is 0 Å². The van der Waals surface area contributed by atoms with Crippen LogP contribution in [0.15, 0.2) is 16.9 Å². The monoisotopic (exact) mass is 287 g/mol. The van der Waals surface area contributed by atoms with Crippen LogP contribution in [0.2, 0.25) is 0 Å². The molecule has 0 spiro atoms. The molecule has 0 radical (unpaired) electrons. The average molecular weight is 287 g/mol. The molecule has 5 heteroatoms. The van der Waals surface area contributed by atoms with Crippen molar-refractivity contribution in [2.75, 3.05) is 0 Å². The third-order valence-electron chi connectivity index (χ3n) is 3.48. The average Bonchev–Trinajstić information content (AvgIpc) is 2.37. The number of rotatable bonds is 3. The van der Waals surface area contributed by atoms with Gasteiger partial charge in [0.1, 0.15) is 12.2 Å². The van der Waals surface area contributed by atoms with Gasteiger partial charge in [0.05, 0.1) is 11.0 Å². The Morgan fingerprint density at radius 3 is 2.48 bits per heavy atom. The minimum absolute atomic E-state index is 0.0133. The zero-order valence-corrected chi connectivity index (χ0v) is 13.2. The smallest absolute Gasteiger partial charge is 0.272 e. The fraction of sp³-hybridized carbons (Fsp3) is 0.438. The van der Waals surface area contributed by atoms with Gasteiger partial charge in [-0.05, 0) is 57.9 Å². The summed E-state index contributed by atoms with van der Waals surface area (Å²) in [5.41, 5.74) is 3.82. The van der Waals surface area contributed by atoms with Gasteiger partial charge in [-0.15, -0.1) is 0 Å². The largest absolute Gasteiger partial charge is 0.352 e. The standard InChI is InChI=1S/C16H21N3O2/c1-9(2)17-15(20)8-19-14-7-11(4)10(3)6-13(14)18-12(5)16(19)21/h6-7,9H,8H2,1-5H3,(H,17,20). The van der Waals surface area contributed by atoms with Gasteiger partial charge >= 0.3 is 0 Å².